The second kappa shape index (κ2) is 13.8. The van der Waals surface area contributed by atoms with Gasteiger partial charge in [0.05, 0.1) is 11.4 Å². The largest absolute Gasteiger partial charge is 0.353 e. The monoisotopic (exact) mass is 492 g/mol. The predicted octanol–water partition coefficient (Wildman–Crippen LogP) is 4.31. The van der Waals surface area contributed by atoms with Gasteiger partial charge in [-0.15, -0.1) is 0 Å². The van der Waals surface area contributed by atoms with Crippen molar-refractivity contribution in [3.05, 3.63) is 56.5 Å². The van der Waals surface area contributed by atoms with E-state index in [1.807, 2.05) is 38.1 Å². The van der Waals surface area contributed by atoms with E-state index in [-0.39, 0.29) is 23.3 Å². The maximum Gasteiger partial charge on any atom is 0.257 e. The van der Waals surface area contributed by atoms with Crippen LogP contribution in [-0.2, 0) is 24.7 Å². The highest BCUT2D eigenvalue weighted by Gasteiger charge is 2.16. The fraction of sp³-hybridized carbons (Fsp3) is 0.560. The summed E-state index contributed by atoms with van der Waals surface area (Å²) >= 11 is 7.41. The van der Waals surface area contributed by atoms with Gasteiger partial charge in [-0.2, -0.15) is 0 Å². The van der Waals surface area contributed by atoms with E-state index in [9.17, 15) is 9.59 Å². The van der Waals surface area contributed by atoms with E-state index in [2.05, 4.69) is 24.1 Å². The Kier molecular flexibility index (Phi) is 11.4. The first-order chi connectivity index (χ1) is 15.8. The first-order valence-electron chi connectivity index (χ1n) is 11.8. The molecule has 8 heteroatoms. The number of carbonyl (C=O) groups excluding carboxylic acids is 1. The molecule has 0 fully saturated rings. The second-order valence-electron chi connectivity index (χ2n) is 8.27. The third-order valence-electron chi connectivity index (χ3n) is 5.78. The molecule has 2 rings (SSSR count). The van der Waals surface area contributed by atoms with Crippen molar-refractivity contribution < 1.29 is 4.79 Å². The Morgan fingerprint density at radius 3 is 2.64 bits per heavy atom. The Bertz CT molecular complexity index is 975. The van der Waals surface area contributed by atoms with Gasteiger partial charge in [0.1, 0.15) is 0 Å². The van der Waals surface area contributed by atoms with Gasteiger partial charge >= 0.3 is 0 Å². The highest BCUT2D eigenvalue weighted by atomic mass is 35.5. The Labute approximate surface area is 207 Å². The standard InChI is InChI=1S/C25H37ClN4O2S/c1-6-22-21(16-19-12-9-13-20(26)15-19)24(32)29(5)25(28-22)33-17-23(31)27-18(4)11-10-14-30(7-2)8-3/h9,12-13,15,18H,6-8,10-11,14,16-17H2,1-5H3,(H,27,31). The Morgan fingerprint density at radius 1 is 1.27 bits per heavy atom. The van der Waals surface area contributed by atoms with Crippen molar-refractivity contribution in [1.82, 2.24) is 19.8 Å². The minimum Gasteiger partial charge on any atom is -0.353 e. The van der Waals surface area contributed by atoms with E-state index in [1.165, 1.54) is 11.8 Å². The van der Waals surface area contributed by atoms with E-state index < -0.39 is 0 Å². The summed E-state index contributed by atoms with van der Waals surface area (Å²) in [5.41, 5.74) is 2.35. The first kappa shape index (κ1) is 27.4. The normalized spacial score (nSPS) is 12.2. The maximum atomic E-state index is 13.1. The van der Waals surface area contributed by atoms with Crippen molar-refractivity contribution in [2.45, 2.75) is 64.6 Å². The van der Waals surface area contributed by atoms with Crippen LogP contribution in [0.4, 0.5) is 0 Å². The van der Waals surface area contributed by atoms with Gasteiger partial charge < -0.3 is 10.2 Å². The van der Waals surface area contributed by atoms with Crippen LogP contribution in [0.15, 0.2) is 34.2 Å². The molecule has 182 valence electrons. The van der Waals surface area contributed by atoms with Crippen LogP contribution in [0.5, 0.6) is 0 Å². The smallest absolute Gasteiger partial charge is 0.257 e. The van der Waals surface area contributed by atoms with Crippen molar-refractivity contribution in [2.75, 3.05) is 25.4 Å². The van der Waals surface area contributed by atoms with Gasteiger partial charge in [-0.25, -0.2) is 4.98 Å². The molecule has 33 heavy (non-hydrogen) atoms. The van der Waals surface area contributed by atoms with Crippen LogP contribution in [0, 0.1) is 0 Å². The number of rotatable bonds is 13. The van der Waals surface area contributed by atoms with Gasteiger partial charge in [-0.05, 0) is 63.5 Å². The fourth-order valence-corrected chi connectivity index (χ4v) is 4.81. The topological polar surface area (TPSA) is 67.2 Å². The number of nitrogens with zero attached hydrogens (tertiary/aromatic N) is 3. The third kappa shape index (κ3) is 8.47. The van der Waals surface area contributed by atoms with E-state index in [0.717, 1.165) is 43.7 Å². The number of benzene rings is 1. The van der Waals surface area contributed by atoms with E-state index in [0.29, 0.717) is 28.6 Å². The first-order valence-corrected chi connectivity index (χ1v) is 13.1. The average Bonchev–Trinajstić information content (AvgIpc) is 2.79. The van der Waals surface area contributed by atoms with Crippen LogP contribution in [-0.4, -0.2) is 51.8 Å². The molecule has 1 aromatic carbocycles. The van der Waals surface area contributed by atoms with Crippen molar-refractivity contribution in [3.8, 4) is 0 Å². The number of nitrogens with one attached hydrogen (secondary N) is 1. The molecule has 1 heterocycles. The van der Waals surface area contributed by atoms with Gasteiger partial charge in [0.15, 0.2) is 5.16 Å². The predicted molar refractivity (Wildman–Crippen MR) is 138 cm³/mol. The Hall–Kier alpha value is -1.83. The number of halogens is 1. The minimum atomic E-state index is -0.0745. The van der Waals surface area contributed by atoms with Gasteiger partial charge in [-0.1, -0.05) is 56.3 Å². The van der Waals surface area contributed by atoms with E-state index in [1.54, 1.807) is 11.6 Å². The molecule has 0 aliphatic rings. The molecular formula is C25H37ClN4O2S. The lowest BCUT2D eigenvalue weighted by Gasteiger charge is -2.19. The van der Waals surface area contributed by atoms with Crippen molar-refractivity contribution >= 4 is 29.3 Å². The molecule has 0 radical (unpaired) electrons. The van der Waals surface area contributed by atoms with Crippen molar-refractivity contribution in [3.63, 3.8) is 0 Å². The molecule has 0 bridgehead atoms. The quantitative estimate of drug-likeness (QED) is 0.333. The number of thioether (sulfide) groups is 1. The summed E-state index contributed by atoms with van der Waals surface area (Å²) in [5.74, 6) is 0.197. The Balaban J connectivity index is 1.98. The molecule has 0 saturated carbocycles. The summed E-state index contributed by atoms with van der Waals surface area (Å²) in [6.07, 6.45) is 3.14. The van der Waals surface area contributed by atoms with Crippen LogP contribution in [0.1, 0.15) is 57.4 Å². The lowest BCUT2D eigenvalue weighted by Crippen LogP contribution is -2.35. The van der Waals surface area contributed by atoms with Gasteiger partial charge in [-0.3, -0.25) is 14.2 Å². The van der Waals surface area contributed by atoms with Crippen LogP contribution >= 0.6 is 23.4 Å². The molecule has 1 atom stereocenters. The van der Waals surface area contributed by atoms with Crippen molar-refractivity contribution in [2.24, 2.45) is 7.05 Å². The number of aryl methyl sites for hydroxylation is 1. The van der Waals surface area contributed by atoms with E-state index >= 15 is 0 Å². The number of hydrogen-bond acceptors (Lipinski definition) is 5. The second-order valence-corrected chi connectivity index (χ2v) is 9.65. The summed E-state index contributed by atoms with van der Waals surface area (Å²) in [7, 11) is 1.71. The van der Waals surface area contributed by atoms with Crippen molar-refractivity contribution in [1.29, 1.82) is 0 Å². The molecule has 0 aliphatic carbocycles. The SMILES string of the molecule is CCc1nc(SCC(=O)NC(C)CCCN(CC)CC)n(C)c(=O)c1Cc1cccc(Cl)c1. The van der Waals surface area contributed by atoms with Gasteiger partial charge in [0.25, 0.3) is 5.56 Å². The van der Waals surface area contributed by atoms with Gasteiger partial charge in [0, 0.05) is 30.1 Å². The molecule has 0 saturated heterocycles. The highest BCUT2D eigenvalue weighted by molar-refractivity contribution is 7.99. The minimum absolute atomic E-state index is 0.0364. The molecule has 1 aromatic heterocycles. The number of carbonyl (C=O) groups is 1. The summed E-state index contributed by atoms with van der Waals surface area (Å²) in [6.45, 7) is 11.5. The van der Waals surface area contributed by atoms with Crippen LogP contribution < -0.4 is 10.9 Å². The van der Waals surface area contributed by atoms with Crippen LogP contribution in [0.2, 0.25) is 5.02 Å². The molecule has 1 unspecified atom stereocenters. The molecule has 1 N–H and O–H groups in total. The molecular weight excluding hydrogens is 456 g/mol. The van der Waals surface area contributed by atoms with Gasteiger partial charge in [0.2, 0.25) is 5.91 Å². The molecule has 6 nitrogen and oxygen atoms in total. The number of hydrogen-bond donors (Lipinski definition) is 1. The zero-order valence-corrected chi connectivity index (χ0v) is 22.1. The number of amides is 1. The summed E-state index contributed by atoms with van der Waals surface area (Å²) in [4.78, 5) is 32.6. The molecule has 0 spiro atoms. The Morgan fingerprint density at radius 2 is 2.00 bits per heavy atom. The zero-order chi connectivity index (χ0) is 24.4. The average molecular weight is 493 g/mol. The summed E-state index contributed by atoms with van der Waals surface area (Å²) < 4.78 is 1.55. The molecule has 0 aliphatic heterocycles. The zero-order valence-electron chi connectivity index (χ0n) is 20.5. The molecule has 1 amide bonds. The summed E-state index contributed by atoms with van der Waals surface area (Å²) in [6, 6.07) is 7.65. The lowest BCUT2D eigenvalue weighted by molar-refractivity contribution is -0.119. The highest BCUT2D eigenvalue weighted by Crippen LogP contribution is 2.19. The summed E-state index contributed by atoms with van der Waals surface area (Å²) in [5, 5.41) is 4.28. The maximum absolute atomic E-state index is 13.1. The number of aromatic nitrogens is 2. The lowest BCUT2D eigenvalue weighted by atomic mass is 10.0. The van der Waals surface area contributed by atoms with Crippen LogP contribution in [0.3, 0.4) is 0 Å². The van der Waals surface area contributed by atoms with Crippen LogP contribution in [0.25, 0.3) is 0 Å². The third-order valence-corrected chi connectivity index (χ3v) is 7.04. The fourth-order valence-electron chi connectivity index (χ4n) is 3.80. The van der Waals surface area contributed by atoms with E-state index in [4.69, 9.17) is 16.6 Å². The molecule has 2 aromatic rings.